The number of benzene rings is 1. The van der Waals surface area contributed by atoms with Crippen LogP contribution < -0.4 is 0 Å². The fourth-order valence-corrected chi connectivity index (χ4v) is 3.80. The van der Waals surface area contributed by atoms with E-state index in [1.54, 1.807) is 0 Å². The largest absolute Gasteiger partial charge is 0.390 e. The van der Waals surface area contributed by atoms with E-state index >= 15 is 0 Å². The van der Waals surface area contributed by atoms with Crippen LogP contribution >= 0.6 is 0 Å². The molecule has 0 radical (unpaired) electrons. The first kappa shape index (κ1) is 14.6. The number of rotatable bonds is 1. The Hall–Kier alpha value is -0.980. The quantitative estimate of drug-likeness (QED) is 0.861. The highest BCUT2D eigenvalue weighted by Gasteiger charge is 2.56. The van der Waals surface area contributed by atoms with Gasteiger partial charge in [0.1, 0.15) is 11.7 Å². The molecule has 2 aliphatic heterocycles. The first-order valence-corrected chi connectivity index (χ1v) is 7.85. The van der Waals surface area contributed by atoms with Gasteiger partial charge in [0.2, 0.25) is 0 Å². The van der Waals surface area contributed by atoms with E-state index in [2.05, 4.69) is 0 Å². The zero-order valence-corrected chi connectivity index (χ0v) is 12.9. The summed E-state index contributed by atoms with van der Waals surface area (Å²) < 4.78 is 23.8. The van der Waals surface area contributed by atoms with E-state index in [0.29, 0.717) is 19.4 Å². The molecule has 1 spiro atoms. The lowest BCUT2D eigenvalue weighted by atomic mass is 9.80. The molecule has 0 aromatic heterocycles. The topological polar surface area (TPSA) is 57.2 Å². The molecule has 1 aromatic rings. The van der Waals surface area contributed by atoms with Crippen molar-refractivity contribution in [2.45, 2.75) is 62.7 Å². The third-order valence-corrected chi connectivity index (χ3v) is 4.70. The van der Waals surface area contributed by atoms with Crippen LogP contribution in [0.5, 0.6) is 0 Å². The summed E-state index contributed by atoms with van der Waals surface area (Å²) in [6.07, 6.45) is -0.305. The van der Waals surface area contributed by atoms with E-state index in [-0.39, 0.29) is 12.2 Å². The van der Waals surface area contributed by atoms with Gasteiger partial charge < -0.3 is 24.1 Å². The molecule has 1 aliphatic carbocycles. The second kappa shape index (κ2) is 5.01. The maximum Gasteiger partial charge on any atom is 0.184 e. The van der Waals surface area contributed by atoms with Gasteiger partial charge in [-0.25, -0.2) is 0 Å². The zero-order valence-electron chi connectivity index (χ0n) is 12.9. The zero-order chi connectivity index (χ0) is 15.4. The number of aliphatic hydroxyl groups is 1. The fourth-order valence-electron chi connectivity index (χ4n) is 3.80. The van der Waals surface area contributed by atoms with E-state index in [1.165, 1.54) is 0 Å². The molecule has 2 heterocycles. The van der Waals surface area contributed by atoms with Crippen molar-refractivity contribution < 1.29 is 24.1 Å². The van der Waals surface area contributed by atoms with Gasteiger partial charge in [-0.2, -0.15) is 0 Å². The molecule has 3 fully saturated rings. The van der Waals surface area contributed by atoms with Crippen LogP contribution in [0.2, 0.25) is 0 Å². The summed E-state index contributed by atoms with van der Waals surface area (Å²) in [5, 5.41) is 10.5. The monoisotopic (exact) mass is 306 g/mol. The van der Waals surface area contributed by atoms with Crippen molar-refractivity contribution in [1.29, 1.82) is 0 Å². The first-order valence-electron chi connectivity index (χ1n) is 7.85. The predicted octanol–water partition coefficient (Wildman–Crippen LogP) is 2.15. The van der Waals surface area contributed by atoms with Crippen LogP contribution in [-0.4, -0.2) is 41.4 Å². The summed E-state index contributed by atoms with van der Waals surface area (Å²) in [7, 11) is 0. The minimum Gasteiger partial charge on any atom is -0.390 e. The predicted molar refractivity (Wildman–Crippen MR) is 78.0 cm³/mol. The average molecular weight is 306 g/mol. The van der Waals surface area contributed by atoms with Gasteiger partial charge in [-0.1, -0.05) is 30.3 Å². The molecule has 1 aromatic carbocycles. The Labute approximate surface area is 130 Å². The molecule has 1 saturated carbocycles. The first-order chi connectivity index (χ1) is 10.5. The number of aliphatic hydroxyl groups excluding tert-OH is 1. The highest BCUT2D eigenvalue weighted by Crippen LogP contribution is 2.47. The van der Waals surface area contributed by atoms with Crippen LogP contribution in [0.3, 0.4) is 0 Å². The maximum atomic E-state index is 10.5. The second-order valence-corrected chi connectivity index (χ2v) is 6.97. The lowest BCUT2D eigenvalue weighted by molar-refractivity contribution is -0.188. The maximum absolute atomic E-state index is 10.5. The summed E-state index contributed by atoms with van der Waals surface area (Å²) in [5.74, 6) is -0.606. The Bertz CT molecular complexity index is 545. The molecule has 5 heteroatoms. The highest BCUT2D eigenvalue weighted by atomic mass is 16.8. The minimum absolute atomic E-state index is 0.175. The molecule has 3 aliphatic rings. The number of hydrogen-bond acceptors (Lipinski definition) is 5. The molecule has 22 heavy (non-hydrogen) atoms. The minimum atomic E-state index is -0.607. The Morgan fingerprint density at radius 2 is 1.86 bits per heavy atom. The van der Waals surface area contributed by atoms with E-state index in [1.807, 2.05) is 44.2 Å². The van der Waals surface area contributed by atoms with Crippen LogP contribution in [0, 0.1) is 0 Å². The van der Waals surface area contributed by atoms with Gasteiger partial charge in [0.25, 0.3) is 0 Å². The van der Waals surface area contributed by atoms with Crippen LogP contribution in [-0.2, 0) is 18.9 Å². The molecule has 5 nitrogen and oxygen atoms in total. The van der Waals surface area contributed by atoms with Crippen LogP contribution in [0.1, 0.15) is 38.5 Å². The van der Waals surface area contributed by atoms with Gasteiger partial charge >= 0.3 is 0 Å². The Kier molecular flexibility index (Phi) is 3.33. The van der Waals surface area contributed by atoms with Crippen molar-refractivity contribution in [3.63, 3.8) is 0 Å². The molecule has 1 N–H and O–H groups in total. The molecule has 2 saturated heterocycles. The van der Waals surface area contributed by atoms with Crippen molar-refractivity contribution in [3.8, 4) is 0 Å². The lowest BCUT2D eigenvalue weighted by Gasteiger charge is -2.40. The van der Waals surface area contributed by atoms with Crippen LogP contribution in [0.25, 0.3) is 0 Å². The third kappa shape index (κ3) is 2.47. The standard InChI is InChI=1S/C17H22O5/c1-16(2)19-10-17(22-16)8-12(18)14-13(9-17)20-15(21-14)11-6-4-3-5-7-11/h3-7,12-15,18H,8-10H2,1-2H3. The summed E-state index contributed by atoms with van der Waals surface area (Å²) >= 11 is 0. The van der Waals surface area contributed by atoms with E-state index in [0.717, 1.165) is 5.56 Å². The third-order valence-electron chi connectivity index (χ3n) is 4.70. The molecule has 0 bridgehead atoms. The number of ether oxygens (including phenoxy) is 4. The summed E-state index contributed by atoms with van der Waals surface area (Å²) in [5.41, 5.74) is 0.501. The summed E-state index contributed by atoms with van der Waals surface area (Å²) in [6.45, 7) is 4.29. The van der Waals surface area contributed by atoms with Gasteiger partial charge in [0, 0.05) is 18.4 Å². The number of fused-ring (bicyclic) bond motifs is 1. The smallest absolute Gasteiger partial charge is 0.184 e. The van der Waals surface area contributed by atoms with E-state index in [9.17, 15) is 5.11 Å². The molecule has 4 rings (SSSR count). The Balaban J connectivity index is 1.53. The van der Waals surface area contributed by atoms with Gasteiger partial charge in [-0.3, -0.25) is 0 Å². The summed E-state index contributed by atoms with van der Waals surface area (Å²) in [6, 6.07) is 9.82. The van der Waals surface area contributed by atoms with Gasteiger partial charge in [-0.15, -0.1) is 0 Å². The fraction of sp³-hybridized carbons (Fsp3) is 0.647. The molecule has 0 amide bonds. The molecular formula is C17H22O5. The van der Waals surface area contributed by atoms with E-state index < -0.39 is 23.8 Å². The number of hydrogen-bond donors (Lipinski definition) is 1. The second-order valence-electron chi connectivity index (χ2n) is 6.97. The van der Waals surface area contributed by atoms with Crippen molar-refractivity contribution in [2.75, 3.05) is 6.61 Å². The van der Waals surface area contributed by atoms with Crippen molar-refractivity contribution in [2.24, 2.45) is 0 Å². The molecular weight excluding hydrogens is 284 g/mol. The Morgan fingerprint density at radius 3 is 2.55 bits per heavy atom. The SMILES string of the molecule is CC1(C)OCC2(CC(O)C3OC(c4ccccc4)OC3C2)O1. The average Bonchev–Trinajstić information content (AvgIpc) is 3.02. The van der Waals surface area contributed by atoms with Gasteiger partial charge in [0.05, 0.1) is 18.8 Å². The van der Waals surface area contributed by atoms with Crippen molar-refractivity contribution >= 4 is 0 Å². The van der Waals surface area contributed by atoms with Gasteiger partial charge in [0.15, 0.2) is 12.1 Å². The van der Waals surface area contributed by atoms with Crippen molar-refractivity contribution in [1.82, 2.24) is 0 Å². The van der Waals surface area contributed by atoms with Gasteiger partial charge in [-0.05, 0) is 13.8 Å². The van der Waals surface area contributed by atoms with Crippen LogP contribution in [0.15, 0.2) is 30.3 Å². The molecule has 5 atom stereocenters. The Morgan fingerprint density at radius 1 is 1.09 bits per heavy atom. The highest BCUT2D eigenvalue weighted by molar-refractivity contribution is 5.17. The van der Waals surface area contributed by atoms with Crippen molar-refractivity contribution in [3.05, 3.63) is 35.9 Å². The lowest BCUT2D eigenvalue weighted by Crippen LogP contribution is -2.53. The molecule has 120 valence electrons. The normalized spacial score (nSPS) is 43.4. The summed E-state index contributed by atoms with van der Waals surface area (Å²) in [4.78, 5) is 0. The molecule has 5 unspecified atom stereocenters. The van der Waals surface area contributed by atoms with E-state index in [4.69, 9.17) is 18.9 Å². The van der Waals surface area contributed by atoms with Crippen LogP contribution in [0.4, 0.5) is 0 Å².